The van der Waals surface area contributed by atoms with Gasteiger partial charge in [-0.1, -0.05) is 54.1 Å². The highest BCUT2D eigenvalue weighted by atomic mass is 35.5. The van der Waals surface area contributed by atoms with Crippen molar-refractivity contribution < 1.29 is 17.9 Å². The van der Waals surface area contributed by atoms with Gasteiger partial charge in [0.25, 0.3) is 0 Å². The number of hydrogen-bond donors (Lipinski definition) is 2. The minimum absolute atomic E-state index is 0.0124. The van der Waals surface area contributed by atoms with Gasteiger partial charge in [0.1, 0.15) is 11.5 Å². The summed E-state index contributed by atoms with van der Waals surface area (Å²) in [6.45, 7) is -0.0345. The maximum Gasteiger partial charge on any atom is 0.240 e. The predicted octanol–water partition coefficient (Wildman–Crippen LogP) is 4.02. The zero-order valence-electron chi connectivity index (χ0n) is 15.8. The van der Waals surface area contributed by atoms with E-state index in [1.54, 1.807) is 12.1 Å². The summed E-state index contributed by atoms with van der Waals surface area (Å²) in [6.07, 6.45) is -0.0124. The molecule has 154 valence electrons. The molecule has 0 aliphatic carbocycles. The zero-order chi connectivity index (χ0) is 21.1. The van der Waals surface area contributed by atoms with Crippen LogP contribution in [0.1, 0.15) is 23.6 Å². The van der Waals surface area contributed by atoms with E-state index in [0.717, 1.165) is 11.1 Å². The van der Waals surface area contributed by atoms with E-state index in [9.17, 15) is 13.2 Å². The third-order valence-electron chi connectivity index (χ3n) is 4.74. The molecule has 30 heavy (non-hydrogen) atoms. The van der Waals surface area contributed by atoms with Gasteiger partial charge < -0.3 is 10.1 Å². The van der Waals surface area contributed by atoms with Gasteiger partial charge in [-0.2, -0.15) is 0 Å². The fourth-order valence-electron chi connectivity index (χ4n) is 3.31. The van der Waals surface area contributed by atoms with Gasteiger partial charge in [-0.15, -0.1) is 0 Å². The highest BCUT2D eigenvalue weighted by Crippen LogP contribution is 2.42. The Labute approximate surface area is 179 Å². The molecule has 1 amide bonds. The normalized spacial score (nSPS) is 13.1. The third kappa shape index (κ3) is 4.33. The van der Waals surface area contributed by atoms with Crippen LogP contribution in [-0.4, -0.2) is 20.9 Å². The topological polar surface area (TPSA) is 84.5 Å². The van der Waals surface area contributed by atoms with Crippen molar-refractivity contribution in [2.45, 2.75) is 17.4 Å². The molecule has 0 aromatic heterocycles. The molecule has 0 unspecified atom stereocenters. The Morgan fingerprint density at radius 2 is 1.57 bits per heavy atom. The smallest absolute Gasteiger partial charge is 0.240 e. The van der Waals surface area contributed by atoms with Crippen LogP contribution in [0.5, 0.6) is 11.5 Å². The number of sulfonamides is 1. The summed E-state index contributed by atoms with van der Waals surface area (Å²) in [5, 5.41) is 3.32. The molecule has 0 radical (unpaired) electrons. The molecule has 2 N–H and O–H groups in total. The third-order valence-corrected chi connectivity index (χ3v) is 6.43. The van der Waals surface area contributed by atoms with E-state index < -0.39 is 10.0 Å². The highest BCUT2D eigenvalue weighted by molar-refractivity contribution is 7.89. The molecular weight excluding hydrogens is 424 g/mol. The number of ether oxygens (including phenoxy) is 1. The molecule has 3 aromatic carbocycles. The number of fused-ring (bicyclic) bond motifs is 2. The van der Waals surface area contributed by atoms with Crippen molar-refractivity contribution in [2.75, 3.05) is 6.54 Å². The molecule has 3 aromatic rings. The van der Waals surface area contributed by atoms with E-state index in [2.05, 4.69) is 10.0 Å². The quantitative estimate of drug-likeness (QED) is 0.603. The summed E-state index contributed by atoms with van der Waals surface area (Å²) in [5.74, 6) is 1.09. The molecule has 0 saturated heterocycles. The fourth-order valence-corrected chi connectivity index (χ4v) is 4.65. The van der Waals surface area contributed by atoms with Crippen LogP contribution in [0.4, 0.5) is 0 Å². The maximum atomic E-state index is 12.6. The Morgan fingerprint density at radius 1 is 0.933 bits per heavy atom. The first kappa shape index (κ1) is 20.4. The molecule has 4 rings (SSSR count). The Kier molecular flexibility index (Phi) is 5.76. The molecule has 1 aliphatic rings. The van der Waals surface area contributed by atoms with Crippen molar-refractivity contribution in [3.05, 3.63) is 88.9 Å². The lowest BCUT2D eigenvalue weighted by Gasteiger charge is -2.28. The minimum Gasteiger partial charge on any atom is -0.457 e. The van der Waals surface area contributed by atoms with Gasteiger partial charge in [0.15, 0.2) is 0 Å². The van der Waals surface area contributed by atoms with Crippen LogP contribution in [0.3, 0.4) is 0 Å². The number of carbonyl (C=O) groups excluding carboxylic acids is 1. The molecule has 1 heterocycles. The molecular formula is C22H19ClN2O4S. The Morgan fingerprint density at radius 3 is 2.20 bits per heavy atom. The van der Waals surface area contributed by atoms with E-state index in [1.807, 2.05) is 48.5 Å². The highest BCUT2D eigenvalue weighted by Gasteiger charge is 2.28. The van der Waals surface area contributed by atoms with Crippen LogP contribution < -0.4 is 14.8 Å². The monoisotopic (exact) mass is 442 g/mol. The van der Waals surface area contributed by atoms with Crippen LogP contribution in [0, 0.1) is 0 Å². The molecule has 0 saturated carbocycles. The van der Waals surface area contributed by atoms with E-state index in [-0.39, 0.29) is 29.8 Å². The van der Waals surface area contributed by atoms with Gasteiger partial charge in [0, 0.05) is 29.1 Å². The van der Waals surface area contributed by atoms with Gasteiger partial charge in [0.2, 0.25) is 15.9 Å². The van der Waals surface area contributed by atoms with E-state index in [1.165, 1.54) is 12.1 Å². The number of hydrogen-bond acceptors (Lipinski definition) is 4. The minimum atomic E-state index is -3.74. The summed E-state index contributed by atoms with van der Waals surface area (Å²) >= 11 is 5.86. The second kappa shape index (κ2) is 8.47. The zero-order valence-corrected chi connectivity index (χ0v) is 17.4. The van der Waals surface area contributed by atoms with Crippen LogP contribution in [0.2, 0.25) is 5.02 Å². The number of benzene rings is 3. The van der Waals surface area contributed by atoms with Gasteiger partial charge in [-0.05, 0) is 30.3 Å². The number of rotatable bonds is 6. The molecule has 6 nitrogen and oxygen atoms in total. The predicted molar refractivity (Wildman–Crippen MR) is 114 cm³/mol. The van der Waals surface area contributed by atoms with E-state index in [4.69, 9.17) is 16.3 Å². The average Bonchev–Trinajstić information content (AvgIpc) is 2.73. The first-order valence-corrected chi connectivity index (χ1v) is 11.2. The summed E-state index contributed by atoms with van der Waals surface area (Å²) < 4.78 is 33.1. The van der Waals surface area contributed by atoms with Crippen molar-refractivity contribution in [3.63, 3.8) is 0 Å². The lowest BCUT2D eigenvalue weighted by atomic mass is 9.94. The lowest BCUT2D eigenvalue weighted by molar-refractivity contribution is -0.121. The van der Waals surface area contributed by atoms with E-state index in [0.29, 0.717) is 16.5 Å². The maximum absolute atomic E-state index is 12.6. The fraction of sp³-hybridized carbons (Fsp3) is 0.136. The van der Waals surface area contributed by atoms with Crippen molar-refractivity contribution in [2.24, 2.45) is 0 Å². The second-order valence-corrected chi connectivity index (χ2v) is 8.99. The summed E-state index contributed by atoms with van der Waals surface area (Å²) in [7, 11) is -3.74. The van der Waals surface area contributed by atoms with Gasteiger partial charge >= 0.3 is 0 Å². The van der Waals surface area contributed by atoms with Crippen molar-refractivity contribution in [3.8, 4) is 11.5 Å². The molecule has 8 heteroatoms. The summed E-state index contributed by atoms with van der Waals surface area (Å²) in [5.41, 5.74) is 1.70. The summed E-state index contributed by atoms with van der Waals surface area (Å²) in [4.78, 5) is 12.7. The van der Waals surface area contributed by atoms with Crippen LogP contribution >= 0.6 is 11.6 Å². The van der Waals surface area contributed by atoms with Gasteiger partial charge in [0.05, 0.1) is 10.9 Å². The van der Waals surface area contributed by atoms with Crippen molar-refractivity contribution in [1.29, 1.82) is 0 Å². The number of carbonyl (C=O) groups is 1. The van der Waals surface area contributed by atoms with Crippen molar-refractivity contribution >= 4 is 27.5 Å². The SMILES string of the molecule is O=C(CCNS(=O)(=O)c1cccc(Cl)c1)NC1c2ccccc2Oc2ccccc21. The molecule has 1 aliphatic heterocycles. The molecule has 0 spiro atoms. The first-order valence-electron chi connectivity index (χ1n) is 9.34. The standard InChI is InChI=1S/C22H19ClN2O4S/c23-15-6-5-7-16(14-15)30(27,28)24-13-12-21(26)25-22-17-8-1-3-10-19(17)29-20-11-4-2-9-18(20)22/h1-11,14,22,24H,12-13H2,(H,25,26). The largest absolute Gasteiger partial charge is 0.457 e. The van der Waals surface area contributed by atoms with Crippen LogP contribution in [0.15, 0.2) is 77.7 Å². The van der Waals surface area contributed by atoms with Crippen LogP contribution in [-0.2, 0) is 14.8 Å². The number of nitrogens with one attached hydrogen (secondary N) is 2. The average molecular weight is 443 g/mol. The van der Waals surface area contributed by atoms with Gasteiger partial charge in [-0.3, -0.25) is 4.79 Å². The molecule has 0 bridgehead atoms. The van der Waals surface area contributed by atoms with Gasteiger partial charge in [-0.25, -0.2) is 13.1 Å². The second-order valence-electron chi connectivity index (χ2n) is 6.78. The Balaban J connectivity index is 1.44. The summed E-state index contributed by atoms with van der Waals surface area (Å²) in [6, 6.07) is 20.6. The Bertz CT molecular complexity index is 1150. The molecule has 0 fully saturated rings. The first-order chi connectivity index (χ1) is 14.4. The van der Waals surface area contributed by atoms with Crippen LogP contribution in [0.25, 0.3) is 0 Å². The van der Waals surface area contributed by atoms with E-state index >= 15 is 0 Å². The lowest BCUT2D eigenvalue weighted by Crippen LogP contribution is -2.34. The number of halogens is 1. The molecule has 0 atom stereocenters. The van der Waals surface area contributed by atoms with Crippen molar-refractivity contribution in [1.82, 2.24) is 10.0 Å². The Hall–Kier alpha value is -2.87. The number of para-hydroxylation sites is 2. The number of amides is 1.